The summed E-state index contributed by atoms with van der Waals surface area (Å²) in [5.41, 5.74) is 2.84. The van der Waals surface area contributed by atoms with E-state index < -0.39 is 0 Å². The summed E-state index contributed by atoms with van der Waals surface area (Å²) in [5.74, 6) is 0.909. The van der Waals surface area contributed by atoms with Crippen molar-refractivity contribution in [1.82, 2.24) is 15.4 Å². The van der Waals surface area contributed by atoms with Crippen molar-refractivity contribution in [3.8, 4) is 0 Å². The first kappa shape index (κ1) is 17.7. The van der Waals surface area contributed by atoms with Crippen molar-refractivity contribution in [1.29, 1.82) is 0 Å². The van der Waals surface area contributed by atoms with Crippen LogP contribution in [0.2, 0.25) is 0 Å². The van der Waals surface area contributed by atoms with E-state index >= 15 is 0 Å². The van der Waals surface area contributed by atoms with Crippen molar-refractivity contribution < 1.29 is 9.32 Å². The van der Waals surface area contributed by atoms with E-state index in [1.54, 1.807) is 0 Å². The summed E-state index contributed by atoms with van der Waals surface area (Å²) in [5, 5.41) is 6.89. The maximum absolute atomic E-state index is 12.3. The first-order chi connectivity index (χ1) is 12.1. The summed E-state index contributed by atoms with van der Waals surface area (Å²) >= 11 is 0. The molecule has 2 heterocycles. The monoisotopic (exact) mass is 341 g/mol. The SMILES string of the molecule is CC(C)c1cc(CNC(=O)c2ccc(CN3CCCCC3)cc2)on1. The number of nitrogens with one attached hydrogen (secondary N) is 1. The molecule has 0 aliphatic carbocycles. The van der Waals surface area contributed by atoms with Crippen LogP contribution < -0.4 is 5.32 Å². The number of piperidine rings is 1. The number of hydrogen-bond donors (Lipinski definition) is 1. The van der Waals surface area contributed by atoms with Crippen molar-refractivity contribution >= 4 is 5.91 Å². The quantitative estimate of drug-likeness (QED) is 0.870. The molecule has 0 unspecified atom stereocenters. The van der Waals surface area contributed by atoms with Crippen LogP contribution in [0, 0.1) is 0 Å². The van der Waals surface area contributed by atoms with Gasteiger partial charge in [-0.05, 0) is 49.5 Å². The molecule has 0 radical (unpaired) electrons. The average molecular weight is 341 g/mol. The lowest BCUT2D eigenvalue weighted by Gasteiger charge is -2.26. The first-order valence-corrected chi connectivity index (χ1v) is 9.17. The number of aromatic nitrogens is 1. The van der Waals surface area contributed by atoms with Gasteiger partial charge in [-0.2, -0.15) is 0 Å². The normalized spacial score (nSPS) is 15.5. The molecule has 25 heavy (non-hydrogen) atoms. The van der Waals surface area contributed by atoms with Crippen molar-refractivity contribution in [2.24, 2.45) is 0 Å². The minimum atomic E-state index is -0.0907. The average Bonchev–Trinajstić information content (AvgIpc) is 3.11. The molecule has 1 aromatic carbocycles. The lowest BCUT2D eigenvalue weighted by molar-refractivity contribution is 0.0947. The molecule has 0 saturated carbocycles. The van der Waals surface area contributed by atoms with E-state index in [4.69, 9.17) is 4.52 Å². The predicted molar refractivity (Wildman–Crippen MR) is 97.3 cm³/mol. The second kappa shape index (κ2) is 8.30. The van der Waals surface area contributed by atoms with Crippen molar-refractivity contribution in [2.75, 3.05) is 13.1 Å². The summed E-state index contributed by atoms with van der Waals surface area (Å²) in [4.78, 5) is 14.8. The van der Waals surface area contributed by atoms with E-state index in [-0.39, 0.29) is 5.91 Å². The molecular weight excluding hydrogens is 314 g/mol. The van der Waals surface area contributed by atoms with Crippen LogP contribution in [0.5, 0.6) is 0 Å². The van der Waals surface area contributed by atoms with Gasteiger partial charge in [-0.15, -0.1) is 0 Å². The van der Waals surface area contributed by atoms with Gasteiger partial charge in [0.15, 0.2) is 5.76 Å². The van der Waals surface area contributed by atoms with Crippen molar-refractivity contribution in [3.05, 3.63) is 52.9 Å². The zero-order chi connectivity index (χ0) is 17.6. The van der Waals surface area contributed by atoms with Gasteiger partial charge in [0, 0.05) is 18.2 Å². The van der Waals surface area contributed by atoms with E-state index in [2.05, 4.69) is 41.4 Å². The van der Waals surface area contributed by atoms with E-state index in [1.807, 2.05) is 18.2 Å². The van der Waals surface area contributed by atoms with Gasteiger partial charge in [-0.3, -0.25) is 9.69 Å². The fourth-order valence-corrected chi connectivity index (χ4v) is 3.09. The standard InChI is InChI=1S/C20H27N3O2/c1-15(2)19-12-18(25-22-19)13-21-20(24)17-8-6-16(7-9-17)14-23-10-4-3-5-11-23/h6-9,12,15H,3-5,10-11,13-14H2,1-2H3,(H,21,24). The Morgan fingerprint density at radius 2 is 1.92 bits per heavy atom. The van der Waals surface area contributed by atoms with Gasteiger partial charge in [-0.25, -0.2) is 0 Å². The zero-order valence-electron chi connectivity index (χ0n) is 15.1. The molecule has 134 valence electrons. The molecule has 1 fully saturated rings. The van der Waals surface area contributed by atoms with Crippen molar-refractivity contribution in [2.45, 2.75) is 52.1 Å². The van der Waals surface area contributed by atoms with Crippen LogP contribution in [0.3, 0.4) is 0 Å². The van der Waals surface area contributed by atoms with Gasteiger partial charge in [-0.1, -0.05) is 37.6 Å². The van der Waals surface area contributed by atoms with Gasteiger partial charge in [0.05, 0.1) is 12.2 Å². The molecule has 1 aliphatic rings. The molecule has 1 N–H and O–H groups in total. The largest absolute Gasteiger partial charge is 0.359 e. The topological polar surface area (TPSA) is 58.4 Å². The molecule has 5 heteroatoms. The highest BCUT2D eigenvalue weighted by Gasteiger charge is 2.12. The van der Waals surface area contributed by atoms with Crippen LogP contribution in [0.1, 0.15) is 66.4 Å². The Morgan fingerprint density at radius 3 is 2.56 bits per heavy atom. The third-order valence-electron chi connectivity index (χ3n) is 4.66. The molecule has 2 aromatic rings. The van der Waals surface area contributed by atoms with Crippen LogP contribution in [0.4, 0.5) is 0 Å². The van der Waals surface area contributed by atoms with E-state index in [1.165, 1.54) is 37.9 Å². The number of rotatable bonds is 6. The molecule has 0 spiro atoms. The number of carbonyl (C=O) groups is 1. The molecule has 1 saturated heterocycles. The molecule has 5 nitrogen and oxygen atoms in total. The Balaban J connectivity index is 1.51. The summed E-state index contributed by atoms with van der Waals surface area (Å²) in [7, 11) is 0. The molecule has 0 bridgehead atoms. The van der Waals surface area contributed by atoms with Gasteiger partial charge >= 0.3 is 0 Å². The van der Waals surface area contributed by atoms with E-state index in [0.717, 1.165) is 12.2 Å². The number of carbonyl (C=O) groups excluding carboxylic acids is 1. The molecule has 1 aliphatic heterocycles. The highest BCUT2D eigenvalue weighted by atomic mass is 16.5. The van der Waals surface area contributed by atoms with E-state index in [9.17, 15) is 4.79 Å². The maximum Gasteiger partial charge on any atom is 0.251 e. The predicted octanol–water partition coefficient (Wildman–Crippen LogP) is 3.71. The first-order valence-electron chi connectivity index (χ1n) is 9.17. The second-order valence-corrected chi connectivity index (χ2v) is 7.09. The maximum atomic E-state index is 12.3. The van der Waals surface area contributed by atoms with Gasteiger partial charge in [0.25, 0.3) is 5.91 Å². The summed E-state index contributed by atoms with van der Waals surface area (Å²) in [6.45, 7) is 7.80. The highest BCUT2D eigenvalue weighted by molar-refractivity contribution is 5.94. The summed E-state index contributed by atoms with van der Waals surface area (Å²) in [6.07, 6.45) is 3.93. The number of hydrogen-bond acceptors (Lipinski definition) is 4. The Labute approximate surface area is 149 Å². The van der Waals surface area contributed by atoms with Gasteiger partial charge < -0.3 is 9.84 Å². The third kappa shape index (κ3) is 4.92. The number of benzene rings is 1. The minimum absolute atomic E-state index is 0.0907. The van der Waals surface area contributed by atoms with Gasteiger partial charge in [0.1, 0.15) is 0 Å². The fourth-order valence-electron chi connectivity index (χ4n) is 3.09. The smallest absolute Gasteiger partial charge is 0.251 e. The molecule has 3 rings (SSSR count). The highest BCUT2D eigenvalue weighted by Crippen LogP contribution is 2.15. The van der Waals surface area contributed by atoms with Crippen LogP contribution >= 0.6 is 0 Å². The number of amides is 1. The second-order valence-electron chi connectivity index (χ2n) is 7.09. The number of likely N-dealkylation sites (tertiary alicyclic amines) is 1. The molecule has 1 amide bonds. The van der Waals surface area contributed by atoms with Gasteiger partial charge in [0.2, 0.25) is 0 Å². The van der Waals surface area contributed by atoms with E-state index in [0.29, 0.717) is 23.8 Å². The Kier molecular flexibility index (Phi) is 5.87. The molecule has 1 aromatic heterocycles. The van der Waals surface area contributed by atoms with Crippen LogP contribution in [-0.2, 0) is 13.1 Å². The Hall–Kier alpha value is -2.14. The lowest BCUT2D eigenvalue weighted by atomic mass is 10.1. The fraction of sp³-hybridized carbons (Fsp3) is 0.500. The van der Waals surface area contributed by atoms with Crippen LogP contribution in [0.25, 0.3) is 0 Å². The lowest BCUT2D eigenvalue weighted by Crippen LogP contribution is -2.29. The van der Waals surface area contributed by atoms with Crippen LogP contribution in [0.15, 0.2) is 34.9 Å². The minimum Gasteiger partial charge on any atom is -0.359 e. The Bertz CT molecular complexity index is 685. The Morgan fingerprint density at radius 1 is 1.20 bits per heavy atom. The summed E-state index contributed by atoms with van der Waals surface area (Å²) in [6, 6.07) is 9.79. The molecule has 0 atom stereocenters. The van der Waals surface area contributed by atoms with Crippen molar-refractivity contribution in [3.63, 3.8) is 0 Å². The zero-order valence-corrected chi connectivity index (χ0v) is 15.1. The number of nitrogens with zero attached hydrogens (tertiary/aromatic N) is 2. The summed E-state index contributed by atoms with van der Waals surface area (Å²) < 4.78 is 5.25. The van der Waals surface area contributed by atoms with Crippen LogP contribution in [-0.4, -0.2) is 29.1 Å². The molecular formula is C20H27N3O2. The third-order valence-corrected chi connectivity index (χ3v) is 4.66.